The minimum atomic E-state index is -0.310. The van der Waals surface area contributed by atoms with Gasteiger partial charge in [-0.2, -0.15) is 4.98 Å². The van der Waals surface area contributed by atoms with E-state index in [2.05, 4.69) is 4.98 Å². The van der Waals surface area contributed by atoms with Crippen LogP contribution in [0.2, 0.25) is 0 Å². The third kappa shape index (κ3) is 3.11. The number of ether oxygens (including phenoxy) is 1. The summed E-state index contributed by atoms with van der Waals surface area (Å²) in [5, 5.41) is 0.524. The highest BCUT2D eigenvalue weighted by Crippen LogP contribution is 2.32. The van der Waals surface area contributed by atoms with Gasteiger partial charge < -0.3 is 9.64 Å². The zero-order valence-electron chi connectivity index (χ0n) is 13.5. The lowest BCUT2D eigenvalue weighted by atomic mass is 10.0. The number of aromatic nitrogens is 1. The fourth-order valence-electron chi connectivity index (χ4n) is 3.71. The lowest BCUT2D eigenvalue weighted by Crippen LogP contribution is -2.43. The Bertz CT molecular complexity index is 734. The van der Waals surface area contributed by atoms with Crippen LogP contribution in [0.5, 0.6) is 5.19 Å². The number of rotatable bonds is 3. The van der Waals surface area contributed by atoms with E-state index in [9.17, 15) is 9.18 Å². The molecule has 128 valence electrons. The molecule has 1 aliphatic heterocycles. The molecule has 0 unspecified atom stereocenters. The Kier molecular flexibility index (Phi) is 4.39. The molecule has 2 fully saturated rings. The van der Waals surface area contributed by atoms with Crippen LogP contribution in [0.15, 0.2) is 18.2 Å². The van der Waals surface area contributed by atoms with Gasteiger partial charge in [-0.05, 0) is 25.0 Å². The first-order valence-electron chi connectivity index (χ1n) is 8.71. The van der Waals surface area contributed by atoms with Gasteiger partial charge in [-0.3, -0.25) is 4.79 Å². The molecule has 1 aromatic heterocycles. The van der Waals surface area contributed by atoms with Crippen LogP contribution in [-0.2, 0) is 4.79 Å². The number of carbonyl (C=O) groups excluding carboxylic acids is 1. The van der Waals surface area contributed by atoms with E-state index >= 15 is 0 Å². The molecule has 4 nitrogen and oxygen atoms in total. The number of likely N-dealkylation sites (tertiary alicyclic amines) is 1. The maximum Gasteiger partial charge on any atom is 0.274 e. The predicted octanol–water partition coefficient (Wildman–Crippen LogP) is 4.00. The number of nitrogens with zero attached hydrogens (tertiary/aromatic N) is 2. The van der Waals surface area contributed by atoms with Crippen molar-refractivity contribution in [1.82, 2.24) is 9.88 Å². The van der Waals surface area contributed by atoms with Gasteiger partial charge in [0.15, 0.2) is 0 Å². The Morgan fingerprint density at radius 1 is 1.21 bits per heavy atom. The molecule has 2 aromatic rings. The predicted molar refractivity (Wildman–Crippen MR) is 91.8 cm³/mol. The number of para-hydroxylation sites is 1. The Morgan fingerprint density at radius 2 is 1.96 bits per heavy atom. The number of halogens is 1. The molecule has 1 saturated carbocycles. The zero-order valence-corrected chi connectivity index (χ0v) is 14.4. The van der Waals surface area contributed by atoms with Gasteiger partial charge in [-0.15, -0.1) is 0 Å². The van der Waals surface area contributed by atoms with Crippen LogP contribution in [0.4, 0.5) is 4.39 Å². The Labute approximate surface area is 144 Å². The first-order valence-corrected chi connectivity index (χ1v) is 9.53. The summed E-state index contributed by atoms with van der Waals surface area (Å²) in [5.74, 6) is 0.262. The minimum absolute atomic E-state index is 0.0567. The van der Waals surface area contributed by atoms with Crippen LogP contribution in [-0.4, -0.2) is 35.0 Å². The number of hydrogen-bond acceptors (Lipinski definition) is 4. The SMILES string of the molecule is O=C(C1CCCC1)N1CCC(Oc2nc3c(F)cccc3s2)CC1. The van der Waals surface area contributed by atoms with Crippen LogP contribution in [0.25, 0.3) is 10.2 Å². The van der Waals surface area contributed by atoms with Crippen molar-refractivity contribution in [1.29, 1.82) is 0 Å². The number of hydrogen-bond donors (Lipinski definition) is 0. The fraction of sp³-hybridized carbons (Fsp3) is 0.556. The second-order valence-electron chi connectivity index (χ2n) is 6.69. The van der Waals surface area contributed by atoms with Crippen LogP contribution in [0.1, 0.15) is 38.5 Å². The molecule has 1 saturated heterocycles. The van der Waals surface area contributed by atoms with Gasteiger partial charge in [0.1, 0.15) is 17.4 Å². The number of carbonyl (C=O) groups is 1. The summed E-state index contributed by atoms with van der Waals surface area (Å²) in [6, 6.07) is 4.96. The number of benzene rings is 1. The van der Waals surface area contributed by atoms with Crippen molar-refractivity contribution in [2.75, 3.05) is 13.1 Å². The Balaban J connectivity index is 1.35. The molecule has 2 heterocycles. The molecule has 0 bridgehead atoms. The normalized spacial score (nSPS) is 20.0. The van der Waals surface area contributed by atoms with Gasteiger partial charge in [0, 0.05) is 31.8 Å². The summed E-state index contributed by atoms with van der Waals surface area (Å²) >= 11 is 1.38. The maximum absolute atomic E-state index is 13.7. The van der Waals surface area contributed by atoms with E-state index in [0.29, 0.717) is 16.6 Å². The molecule has 0 spiro atoms. The van der Waals surface area contributed by atoms with Crippen LogP contribution in [0.3, 0.4) is 0 Å². The van der Waals surface area contributed by atoms with Crippen LogP contribution >= 0.6 is 11.3 Å². The van der Waals surface area contributed by atoms with Gasteiger partial charge >= 0.3 is 0 Å². The van der Waals surface area contributed by atoms with Crippen molar-refractivity contribution in [2.24, 2.45) is 5.92 Å². The van der Waals surface area contributed by atoms with E-state index in [1.165, 1.54) is 30.2 Å². The summed E-state index contributed by atoms with van der Waals surface area (Å²) in [6.45, 7) is 1.50. The van der Waals surface area contributed by atoms with E-state index in [1.54, 1.807) is 6.07 Å². The first kappa shape index (κ1) is 15.8. The van der Waals surface area contributed by atoms with E-state index in [1.807, 2.05) is 11.0 Å². The minimum Gasteiger partial charge on any atom is -0.467 e. The van der Waals surface area contributed by atoms with Gasteiger partial charge in [-0.1, -0.05) is 30.2 Å². The topological polar surface area (TPSA) is 42.4 Å². The van der Waals surface area contributed by atoms with Gasteiger partial charge in [0.05, 0.1) is 4.70 Å². The van der Waals surface area contributed by atoms with Crippen molar-refractivity contribution in [3.8, 4) is 5.19 Å². The fourth-order valence-corrected chi connectivity index (χ4v) is 4.61. The number of amides is 1. The van der Waals surface area contributed by atoms with Crippen molar-refractivity contribution < 1.29 is 13.9 Å². The standard InChI is InChI=1S/C18H21FN2O2S/c19-14-6-3-7-15-16(14)20-18(24-15)23-13-8-10-21(11-9-13)17(22)12-4-1-2-5-12/h3,6-7,12-13H,1-2,4-5,8-11H2. The van der Waals surface area contributed by atoms with Crippen molar-refractivity contribution in [2.45, 2.75) is 44.6 Å². The highest BCUT2D eigenvalue weighted by molar-refractivity contribution is 7.20. The quantitative estimate of drug-likeness (QED) is 0.842. The number of thiazole rings is 1. The van der Waals surface area contributed by atoms with E-state index in [0.717, 1.165) is 43.5 Å². The molecule has 1 aromatic carbocycles. The molecule has 1 amide bonds. The average molecular weight is 348 g/mol. The Morgan fingerprint density at radius 3 is 2.67 bits per heavy atom. The molecule has 1 aliphatic carbocycles. The van der Waals surface area contributed by atoms with E-state index in [4.69, 9.17) is 4.74 Å². The first-order chi connectivity index (χ1) is 11.7. The molecule has 6 heteroatoms. The zero-order chi connectivity index (χ0) is 16.5. The van der Waals surface area contributed by atoms with Crippen LogP contribution in [0, 0.1) is 11.7 Å². The molecule has 0 N–H and O–H groups in total. The maximum atomic E-state index is 13.7. The monoisotopic (exact) mass is 348 g/mol. The second-order valence-corrected chi connectivity index (χ2v) is 7.68. The van der Waals surface area contributed by atoms with Gasteiger partial charge in [-0.25, -0.2) is 4.39 Å². The molecule has 4 rings (SSSR count). The van der Waals surface area contributed by atoms with E-state index < -0.39 is 0 Å². The third-order valence-electron chi connectivity index (χ3n) is 5.08. The Hall–Kier alpha value is -1.69. The van der Waals surface area contributed by atoms with Crippen molar-refractivity contribution >= 4 is 27.5 Å². The largest absolute Gasteiger partial charge is 0.467 e. The molecule has 0 atom stereocenters. The molecule has 2 aliphatic rings. The second kappa shape index (κ2) is 6.67. The summed E-state index contributed by atoms with van der Waals surface area (Å²) in [7, 11) is 0. The summed E-state index contributed by atoms with van der Waals surface area (Å²) in [4.78, 5) is 18.7. The molecular weight excluding hydrogens is 327 g/mol. The van der Waals surface area contributed by atoms with Crippen molar-refractivity contribution in [3.05, 3.63) is 24.0 Å². The van der Waals surface area contributed by atoms with Gasteiger partial charge in [0.2, 0.25) is 5.91 Å². The van der Waals surface area contributed by atoms with Gasteiger partial charge in [0.25, 0.3) is 5.19 Å². The number of fused-ring (bicyclic) bond motifs is 1. The van der Waals surface area contributed by atoms with Crippen molar-refractivity contribution in [3.63, 3.8) is 0 Å². The lowest BCUT2D eigenvalue weighted by molar-refractivity contribution is -0.137. The van der Waals surface area contributed by atoms with E-state index in [-0.39, 0.29) is 17.8 Å². The molecule has 0 radical (unpaired) electrons. The van der Waals surface area contributed by atoms with Crippen LogP contribution < -0.4 is 4.74 Å². The summed E-state index contributed by atoms with van der Waals surface area (Å²) in [5.41, 5.74) is 0.381. The molecule has 24 heavy (non-hydrogen) atoms. The smallest absolute Gasteiger partial charge is 0.274 e. The highest BCUT2D eigenvalue weighted by atomic mass is 32.1. The lowest BCUT2D eigenvalue weighted by Gasteiger charge is -2.33. The average Bonchev–Trinajstić information content (AvgIpc) is 3.25. The molecular formula is C18H21FN2O2S. The summed E-state index contributed by atoms with van der Waals surface area (Å²) in [6.07, 6.45) is 6.16. The summed E-state index contributed by atoms with van der Waals surface area (Å²) < 4.78 is 20.5. The highest BCUT2D eigenvalue weighted by Gasteiger charge is 2.30. The third-order valence-corrected chi connectivity index (χ3v) is 5.99. The number of piperidine rings is 1.